The van der Waals surface area contributed by atoms with Gasteiger partial charge in [-0.3, -0.25) is 4.99 Å². The van der Waals surface area contributed by atoms with Crippen molar-refractivity contribution in [2.75, 3.05) is 13.1 Å². The average molecular weight is 434 g/mol. The highest BCUT2D eigenvalue weighted by Gasteiger charge is 2.11. The first-order valence-electron chi connectivity index (χ1n) is 7.73. The van der Waals surface area contributed by atoms with Crippen LogP contribution in [0, 0.1) is 0 Å². The van der Waals surface area contributed by atoms with Gasteiger partial charge in [-0.25, -0.2) is 0 Å². The summed E-state index contributed by atoms with van der Waals surface area (Å²) in [4.78, 5) is 4.65. The van der Waals surface area contributed by atoms with E-state index in [9.17, 15) is 0 Å². The second-order valence-electron chi connectivity index (χ2n) is 5.24. The van der Waals surface area contributed by atoms with Gasteiger partial charge in [0.15, 0.2) is 5.96 Å². The van der Waals surface area contributed by atoms with E-state index in [1.54, 1.807) is 0 Å². The van der Waals surface area contributed by atoms with E-state index in [4.69, 9.17) is 11.6 Å². The predicted octanol–water partition coefficient (Wildman–Crippen LogP) is 4.16. The molecule has 1 aromatic carbocycles. The molecule has 0 spiro atoms. The molecule has 0 atom stereocenters. The van der Waals surface area contributed by atoms with Crippen LogP contribution in [0.2, 0.25) is 5.02 Å². The maximum Gasteiger partial charge on any atom is 0.191 e. The van der Waals surface area contributed by atoms with Crippen molar-refractivity contribution in [2.24, 2.45) is 4.99 Å². The number of guanidine groups is 1. The highest BCUT2D eigenvalue weighted by Crippen LogP contribution is 2.16. The molecule has 0 amide bonds. The summed E-state index contributed by atoms with van der Waals surface area (Å²) in [6.45, 7) is 3.78. The van der Waals surface area contributed by atoms with Crippen LogP contribution >= 0.6 is 35.6 Å². The molecule has 0 aliphatic heterocycles. The van der Waals surface area contributed by atoms with Crippen LogP contribution in [-0.4, -0.2) is 25.1 Å². The minimum absolute atomic E-state index is 0. The second kappa shape index (κ2) is 10.9. The predicted molar refractivity (Wildman–Crippen MR) is 106 cm³/mol. The number of halogens is 2. The van der Waals surface area contributed by atoms with Crippen molar-refractivity contribution in [1.29, 1.82) is 0 Å². The van der Waals surface area contributed by atoms with E-state index in [0.717, 1.165) is 49.8 Å². The summed E-state index contributed by atoms with van der Waals surface area (Å²) in [5.74, 6) is 0.922. The maximum atomic E-state index is 6.16. The molecule has 122 valence electrons. The number of benzene rings is 1. The van der Waals surface area contributed by atoms with Crippen molar-refractivity contribution in [3.8, 4) is 0 Å². The third-order valence-electron chi connectivity index (χ3n) is 3.52. The van der Waals surface area contributed by atoms with Crippen LogP contribution in [-0.2, 0) is 6.42 Å². The first kappa shape index (κ1) is 19.3. The molecule has 0 saturated heterocycles. The fourth-order valence-electron chi connectivity index (χ4n) is 2.41. The smallest absolute Gasteiger partial charge is 0.191 e. The van der Waals surface area contributed by atoms with Gasteiger partial charge in [0.25, 0.3) is 0 Å². The largest absolute Gasteiger partial charge is 0.357 e. The van der Waals surface area contributed by atoms with Crippen LogP contribution in [0.4, 0.5) is 0 Å². The van der Waals surface area contributed by atoms with Gasteiger partial charge in [-0.1, -0.05) is 42.0 Å². The Balaban J connectivity index is 0.00000242. The van der Waals surface area contributed by atoms with Gasteiger partial charge in [-0.05, 0) is 44.2 Å². The molecule has 1 aliphatic carbocycles. The summed E-state index contributed by atoms with van der Waals surface area (Å²) in [5, 5.41) is 7.63. The van der Waals surface area contributed by atoms with Gasteiger partial charge in [0.05, 0.1) is 0 Å². The van der Waals surface area contributed by atoms with Gasteiger partial charge >= 0.3 is 0 Å². The zero-order chi connectivity index (χ0) is 14.9. The SMILES string of the molecule is CCNC(=NCCCc1ccccc1Cl)NC1CC=CC1.I. The molecule has 0 heterocycles. The number of rotatable bonds is 6. The summed E-state index contributed by atoms with van der Waals surface area (Å²) in [6.07, 6.45) is 8.59. The number of aliphatic imine (C=N–C) groups is 1. The third-order valence-corrected chi connectivity index (χ3v) is 3.89. The van der Waals surface area contributed by atoms with Gasteiger partial charge in [0.2, 0.25) is 0 Å². The fourth-order valence-corrected chi connectivity index (χ4v) is 2.64. The topological polar surface area (TPSA) is 36.4 Å². The lowest BCUT2D eigenvalue weighted by Gasteiger charge is -2.16. The van der Waals surface area contributed by atoms with Gasteiger partial charge in [0, 0.05) is 24.2 Å². The normalized spacial score (nSPS) is 14.7. The van der Waals surface area contributed by atoms with Gasteiger partial charge in [-0.2, -0.15) is 0 Å². The molecule has 0 radical (unpaired) electrons. The monoisotopic (exact) mass is 433 g/mol. The summed E-state index contributed by atoms with van der Waals surface area (Å²) in [5.41, 5.74) is 1.20. The zero-order valence-corrected chi connectivity index (χ0v) is 16.1. The van der Waals surface area contributed by atoms with Crippen molar-refractivity contribution in [3.63, 3.8) is 0 Å². The molecule has 2 N–H and O–H groups in total. The van der Waals surface area contributed by atoms with E-state index in [1.807, 2.05) is 18.2 Å². The molecule has 0 unspecified atom stereocenters. The maximum absolute atomic E-state index is 6.16. The molecule has 2 rings (SSSR count). The summed E-state index contributed by atoms with van der Waals surface area (Å²) in [6, 6.07) is 8.51. The van der Waals surface area contributed by atoms with Crippen LogP contribution < -0.4 is 10.6 Å². The third kappa shape index (κ3) is 6.57. The van der Waals surface area contributed by atoms with Crippen LogP contribution in [0.15, 0.2) is 41.4 Å². The van der Waals surface area contributed by atoms with Crippen LogP contribution in [0.1, 0.15) is 31.7 Å². The Morgan fingerprint density at radius 3 is 2.68 bits per heavy atom. The Morgan fingerprint density at radius 2 is 2.00 bits per heavy atom. The molecule has 0 fully saturated rings. The number of nitrogens with zero attached hydrogens (tertiary/aromatic N) is 1. The molecule has 1 aliphatic rings. The van der Waals surface area contributed by atoms with Crippen LogP contribution in [0.25, 0.3) is 0 Å². The Hall–Kier alpha value is -0.750. The molecule has 3 nitrogen and oxygen atoms in total. The first-order valence-corrected chi connectivity index (χ1v) is 8.10. The van der Waals surface area contributed by atoms with Gasteiger partial charge in [0.1, 0.15) is 0 Å². The quantitative estimate of drug-likeness (QED) is 0.232. The minimum atomic E-state index is 0. The standard InChI is InChI=1S/C17H24ClN3.HI/c1-2-19-17(21-15-10-4-5-11-15)20-13-7-9-14-8-3-6-12-16(14)18;/h3-6,8,12,15H,2,7,9-11,13H2,1H3,(H2,19,20,21);1H. The number of hydrogen-bond donors (Lipinski definition) is 2. The van der Waals surface area contributed by atoms with Crippen LogP contribution in [0.5, 0.6) is 0 Å². The van der Waals surface area contributed by atoms with Crippen molar-refractivity contribution >= 4 is 41.5 Å². The minimum Gasteiger partial charge on any atom is -0.357 e. The molecule has 5 heteroatoms. The zero-order valence-electron chi connectivity index (χ0n) is 13.0. The average Bonchev–Trinajstić information content (AvgIpc) is 2.98. The Labute approximate surface area is 155 Å². The van der Waals surface area contributed by atoms with E-state index in [2.05, 4.69) is 40.8 Å². The Kier molecular flexibility index (Phi) is 9.55. The molecular weight excluding hydrogens is 409 g/mol. The van der Waals surface area contributed by atoms with E-state index in [-0.39, 0.29) is 24.0 Å². The Morgan fingerprint density at radius 1 is 1.27 bits per heavy atom. The molecule has 22 heavy (non-hydrogen) atoms. The molecular formula is C17H25ClIN3. The van der Waals surface area contributed by atoms with Gasteiger partial charge < -0.3 is 10.6 Å². The summed E-state index contributed by atoms with van der Waals surface area (Å²) >= 11 is 6.16. The van der Waals surface area contributed by atoms with Gasteiger partial charge in [-0.15, -0.1) is 24.0 Å². The molecule has 0 saturated carbocycles. The molecule has 0 bridgehead atoms. The second-order valence-corrected chi connectivity index (χ2v) is 5.65. The number of hydrogen-bond acceptors (Lipinski definition) is 1. The highest BCUT2D eigenvalue weighted by atomic mass is 127. The molecule has 1 aromatic rings. The lowest BCUT2D eigenvalue weighted by atomic mass is 10.1. The van der Waals surface area contributed by atoms with E-state index in [1.165, 1.54) is 5.56 Å². The van der Waals surface area contributed by atoms with E-state index in [0.29, 0.717) is 6.04 Å². The van der Waals surface area contributed by atoms with Crippen molar-refractivity contribution in [1.82, 2.24) is 10.6 Å². The number of nitrogens with one attached hydrogen (secondary N) is 2. The van der Waals surface area contributed by atoms with E-state index >= 15 is 0 Å². The lowest BCUT2D eigenvalue weighted by Crippen LogP contribution is -2.42. The van der Waals surface area contributed by atoms with E-state index < -0.39 is 0 Å². The Bertz CT molecular complexity index is 494. The lowest BCUT2D eigenvalue weighted by molar-refractivity contribution is 0.632. The first-order chi connectivity index (χ1) is 10.3. The summed E-state index contributed by atoms with van der Waals surface area (Å²) < 4.78 is 0. The van der Waals surface area contributed by atoms with Crippen molar-refractivity contribution in [2.45, 2.75) is 38.6 Å². The van der Waals surface area contributed by atoms with Crippen molar-refractivity contribution in [3.05, 3.63) is 47.0 Å². The number of aryl methyl sites for hydroxylation is 1. The summed E-state index contributed by atoms with van der Waals surface area (Å²) in [7, 11) is 0. The molecule has 0 aromatic heterocycles. The van der Waals surface area contributed by atoms with Crippen LogP contribution in [0.3, 0.4) is 0 Å². The fraction of sp³-hybridized carbons (Fsp3) is 0.471. The van der Waals surface area contributed by atoms with Crippen molar-refractivity contribution < 1.29 is 0 Å². The highest BCUT2D eigenvalue weighted by molar-refractivity contribution is 14.0.